The van der Waals surface area contributed by atoms with Gasteiger partial charge in [-0.3, -0.25) is 10.1 Å². The SMILES string of the molecule is O=C(NC(=NCC1CCCO1)Nc1ccc(F)c(Cl)c1)c1ccc(F)cc1. The zero-order valence-corrected chi connectivity index (χ0v) is 15.1. The first kappa shape index (κ1) is 19.3. The minimum Gasteiger partial charge on any atom is -0.376 e. The summed E-state index contributed by atoms with van der Waals surface area (Å²) in [5.41, 5.74) is 0.743. The number of halogens is 3. The molecule has 1 atom stereocenters. The summed E-state index contributed by atoms with van der Waals surface area (Å²) in [4.78, 5) is 16.8. The van der Waals surface area contributed by atoms with Gasteiger partial charge in [0.2, 0.25) is 5.96 Å². The lowest BCUT2D eigenvalue weighted by Gasteiger charge is -2.14. The van der Waals surface area contributed by atoms with Crippen LogP contribution < -0.4 is 10.6 Å². The third kappa shape index (κ3) is 5.48. The van der Waals surface area contributed by atoms with E-state index in [1.807, 2.05) is 0 Å². The lowest BCUT2D eigenvalue weighted by atomic mass is 10.2. The van der Waals surface area contributed by atoms with Gasteiger partial charge < -0.3 is 10.1 Å². The maximum atomic E-state index is 13.3. The molecule has 1 aliphatic heterocycles. The van der Waals surface area contributed by atoms with Crippen LogP contribution in [-0.4, -0.2) is 31.1 Å². The Labute approximate surface area is 160 Å². The maximum absolute atomic E-state index is 13.3. The van der Waals surface area contributed by atoms with Gasteiger partial charge in [0.1, 0.15) is 11.6 Å². The average Bonchev–Trinajstić information content (AvgIpc) is 3.17. The summed E-state index contributed by atoms with van der Waals surface area (Å²) in [5, 5.41) is 5.51. The standard InChI is InChI=1S/C19H18ClF2N3O2/c20-16-10-14(7-8-17(16)22)24-19(23-11-15-2-1-9-27-15)25-18(26)12-3-5-13(21)6-4-12/h3-8,10,15H,1-2,9,11H2,(H2,23,24,25,26). The number of hydrogen-bond donors (Lipinski definition) is 2. The molecule has 1 saturated heterocycles. The van der Waals surface area contributed by atoms with Gasteiger partial charge >= 0.3 is 0 Å². The highest BCUT2D eigenvalue weighted by Gasteiger charge is 2.16. The first-order valence-electron chi connectivity index (χ1n) is 8.46. The molecule has 0 bridgehead atoms. The number of benzene rings is 2. The molecule has 1 unspecified atom stereocenters. The number of carbonyl (C=O) groups excluding carboxylic acids is 1. The average molecular weight is 394 g/mol. The van der Waals surface area contributed by atoms with Crippen LogP contribution in [0.2, 0.25) is 5.02 Å². The van der Waals surface area contributed by atoms with E-state index in [1.165, 1.54) is 42.5 Å². The van der Waals surface area contributed by atoms with Gasteiger partial charge in [-0.2, -0.15) is 0 Å². The van der Waals surface area contributed by atoms with Crippen LogP contribution in [0, 0.1) is 11.6 Å². The number of anilines is 1. The van der Waals surface area contributed by atoms with Crippen molar-refractivity contribution >= 4 is 29.2 Å². The van der Waals surface area contributed by atoms with Crippen molar-refractivity contribution in [1.29, 1.82) is 0 Å². The Balaban J connectivity index is 1.75. The summed E-state index contributed by atoms with van der Waals surface area (Å²) in [6.45, 7) is 1.05. The highest BCUT2D eigenvalue weighted by atomic mass is 35.5. The predicted molar refractivity (Wildman–Crippen MR) is 100 cm³/mol. The van der Waals surface area contributed by atoms with E-state index in [9.17, 15) is 13.6 Å². The molecule has 1 fully saturated rings. The van der Waals surface area contributed by atoms with Crippen LogP contribution in [0.15, 0.2) is 47.5 Å². The van der Waals surface area contributed by atoms with E-state index in [1.54, 1.807) is 0 Å². The number of hydrogen-bond acceptors (Lipinski definition) is 3. The van der Waals surface area contributed by atoms with Crippen LogP contribution in [0.3, 0.4) is 0 Å². The molecule has 1 heterocycles. The van der Waals surface area contributed by atoms with Crippen molar-refractivity contribution in [3.8, 4) is 0 Å². The lowest BCUT2D eigenvalue weighted by Crippen LogP contribution is -2.36. The second kappa shape index (κ2) is 8.92. The number of rotatable bonds is 4. The molecule has 3 rings (SSSR count). The Morgan fingerprint density at radius 1 is 1.22 bits per heavy atom. The Hall–Kier alpha value is -2.51. The van der Waals surface area contributed by atoms with Crippen molar-refractivity contribution in [3.63, 3.8) is 0 Å². The molecule has 0 aliphatic carbocycles. The number of aliphatic imine (C=N–C) groups is 1. The highest BCUT2D eigenvalue weighted by molar-refractivity contribution is 6.31. The monoisotopic (exact) mass is 393 g/mol. The van der Waals surface area contributed by atoms with Crippen molar-refractivity contribution in [3.05, 3.63) is 64.7 Å². The summed E-state index contributed by atoms with van der Waals surface area (Å²) in [6, 6.07) is 9.23. The van der Waals surface area contributed by atoms with Crippen molar-refractivity contribution in [2.45, 2.75) is 18.9 Å². The molecule has 2 aromatic rings. The van der Waals surface area contributed by atoms with Gasteiger partial charge in [-0.15, -0.1) is 0 Å². The molecule has 0 aromatic heterocycles. The quantitative estimate of drug-likeness (QED) is 0.609. The van der Waals surface area contributed by atoms with E-state index in [0.717, 1.165) is 12.8 Å². The summed E-state index contributed by atoms with van der Waals surface area (Å²) in [6.07, 6.45) is 1.85. The van der Waals surface area contributed by atoms with E-state index in [4.69, 9.17) is 16.3 Å². The molecule has 5 nitrogen and oxygen atoms in total. The van der Waals surface area contributed by atoms with Gasteiger partial charge in [-0.1, -0.05) is 11.6 Å². The fraction of sp³-hybridized carbons (Fsp3) is 0.263. The molecule has 1 aliphatic rings. The number of guanidine groups is 1. The molecule has 0 saturated carbocycles. The van der Waals surface area contributed by atoms with Crippen molar-refractivity contribution in [2.75, 3.05) is 18.5 Å². The van der Waals surface area contributed by atoms with Crippen LogP contribution in [0.4, 0.5) is 14.5 Å². The fourth-order valence-electron chi connectivity index (χ4n) is 2.58. The van der Waals surface area contributed by atoms with Crippen molar-refractivity contribution in [1.82, 2.24) is 5.32 Å². The Kier molecular flexibility index (Phi) is 6.36. The van der Waals surface area contributed by atoms with Crippen LogP contribution >= 0.6 is 11.6 Å². The summed E-state index contributed by atoms with van der Waals surface area (Å²) in [5.74, 6) is -1.27. The van der Waals surface area contributed by atoms with Crippen LogP contribution in [0.1, 0.15) is 23.2 Å². The van der Waals surface area contributed by atoms with E-state index < -0.39 is 17.5 Å². The highest BCUT2D eigenvalue weighted by Crippen LogP contribution is 2.19. The topological polar surface area (TPSA) is 62.7 Å². The second-order valence-corrected chi connectivity index (χ2v) is 6.45. The van der Waals surface area contributed by atoms with E-state index in [-0.39, 0.29) is 22.6 Å². The Bertz CT molecular complexity index is 837. The molecule has 2 N–H and O–H groups in total. The molecule has 0 spiro atoms. The lowest BCUT2D eigenvalue weighted by molar-refractivity contribution is 0.0975. The van der Waals surface area contributed by atoms with E-state index in [2.05, 4.69) is 15.6 Å². The normalized spacial score (nSPS) is 17.0. The fourth-order valence-corrected chi connectivity index (χ4v) is 2.76. The zero-order chi connectivity index (χ0) is 19.2. The first-order valence-corrected chi connectivity index (χ1v) is 8.84. The number of carbonyl (C=O) groups is 1. The maximum Gasteiger partial charge on any atom is 0.257 e. The van der Waals surface area contributed by atoms with Crippen LogP contribution in [0.25, 0.3) is 0 Å². The third-order valence-corrected chi connectivity index (χ3v) is 4.29. The molecule has 8 heteroatoms. The number of amides is 1. The smallest absolute Gasteiger partial charge is 0.257 e. The Morgan fingerprint density at radius 2 is 2.00 bits per heavy atom. The van der Waals surface area contributed by atoms with Crippen molar-refractivity contribution < 1.29 is 18.3 Å². The van der Waals surface area contributed by atoms with Crippen LogP contribution in [0.5, 0.6) is 0 Å². The minimum atomic E-state index is -0.546. The van der Waals surface area contributed by atoms with Gasteiger partial charge in [0.05, 0.1) is 17.7 Å². The predicted octanol–water partition coefficient (Wildman–Crippen LogP) is 4.00. The number of nitrogens with zero attached hydrogens (tertiary/aromatic N) is 1. The molecule has 1 amide bonds. The zero-order valence-electron chi connectivity index (χ0n) is 14.3. The molecule has 142 valence electrons. The summed E-state index contributed by atoms with van der Waals surface area (Å²) < 4.78 is 31.9. The van der Waals surface area contributed by atoms with Gasteiger partial charge in [0, 0.05) is 17.9 Å². The third-order valence-electron chi connectivity index (χ3n) is 4.00. The molecule has 0 radical (unpaired) electrons. The van der Waals surface area contributed by atoms with E-state index >= 15 is 0 Å². The summed E-state index contributed by atoms with van der Waals surface area (Å²) in [7, 11) is 0. The molecular weight excluding hydrogens is 376 g/mol. The first-order chi connectivity index (χ1) is 13.0. The van der Waals surface area contributed by atoms with Gasteiger partial charge in [0.15, 0.2) is 0 Å². The minimum absolute atomic E-state index is 0.0127. The molecule has 2 aromatic carbocycles. The largest absolute Gasteiger partial charge is 0.376 e. The molecule has 27 heavy (non-hydrogen) atoms. The number of ether oxygens (including phenoxy) is 1. The van der Waals surface area contributed by atoms with Crippen molar-refractivity contribution in [2.24, 2.45) is 4.99 Å². The summed E-state index contributed by atoms with van der Waals surface area (Å²) >= 11 is 5.80. The van der Waals surface area contributed by atoms with Gasteiger partial charge in [-0.25, -0.2) is 13.8 Å². The second-order valence-electron chi connectivity index (χ2n) is 6.04. The Morgan fingerprint density at radius 3 is 2.67 bits per heavy atom. The molecular formula is C19H18ClF2N3O2. The van der Waals surface area contributed by atoms with Gasteiger partial charge in [-0.05, 0) is 55.3 Å². The van der Waals surface area contributed by atoms with E-state index in [0.29, 0.717) is 18.8 Å². The van der Waals surface area contributed by atoms with Crippen LogP contribution in [-0.2, 0) is 4.74 Å². The van der Waals surface area contributed by atoms with Gasteiger partial charge in [0.25, 0.3) is 5.91 Å². The number of nitrogens with one attached hydrogen (secondary N) is 2.